The summed E-state index contributed by atoms with van der Waals surface area (Å²) in [6.45, 7) is 5.80. The molecule has 158 valence electrons. The summed E-state index contributed by atoms with van der Waals surface area (Å²) in [6, 6.07) is 7.57. The van der Waals surface area contributed by atoms with Crippen molar-refractivity contribution in [1.82, 2.24) is 10.2 Å². The van der Waals surface area contributed by atoms with Crippen molar-refractivity contribution in [1.29, 1.82) is 0 Å². The van der Waals surface area contributed by atoms with Crippen LogP contribution in [0.2, 0.25) is 0 Å². The minimum Gasteiger partial charge on any atom is -0.484 e. The van der Waals surface area contributed by atoms with Crippen molar-refractivity contribution >= 4 is 34.7 Å². The Bertz CT molecular complexity index is 779. The molecule has 1 saturated heterocycles. The molecule has 0 radical (unpaired) electrons. The third-order valence-electron chi connectivity index (χ3n) is 3.68. The summed E-state index contributed by atoms with van der Waals surface area (Å²) in [7, 11) is 0. The average molecular weight is 424 g/mol. The first-order valence-electron chi connectivity index (χ1n) is 8.87. The number of hydrogen-bond acceptors (Lipinski definition) is 8. The van der Waals surface area contributed by atoms with Crippen LogP contribution in [0.5, 0.6) is 5.75 Å². The van der Waals surface area contributed by atoms with Crippen molar-refractivity contribution in [2.75, 3.05) is 6.61 Å². The monoisotopic (exact) mass is 424 g/mol. The van der Waals surface area contributed by atoms with Gasteiger partial charge in [-0.25, -0.2) is 4.79 Å². The summed E-state index contributed by atoms with van der Waals surface area (Å²) in [5.74, 6) is -1.81. The van der Waals surface area contributed by atoms with E-state index in [4.69, 9.17) is 9.47 Å². The molecule has 0 spiro atoms. The van der Waals surface area contributed by atoms with E-state index in [1.54, 1.807) is 51.1 Å². The van der Waals surface area contributed by atoms with E-state index in [1.165, 1.54) is 6.92 Å². The second-order valence-electron chi connectivity index (χ2n) is 7.30. The van der Waals surface area contributed by atoms with Gasteiger partial charge >= 0.3 is 5.97 Å². The zero-order valence-electron chi connectivity index (χ0n) is 16.6. The predicted molar refractivity (Wildman–Crippen MR) is 105 cm³/mol. The Labute approximate surface area is 172 Å². The summed E-state index contributed by atoms with van der Waals surface area (Å²) >= 11 is 0.724. The molecule has 2 rings (SSSR count). The molecule has 1 fully saturated rings. The van der Waals surface area contributed by atoms with Gasteiger partial charge < -0.3 is 19.9 Å². The topological polar surface area (TPSA) is 122 Å². The Hall–Kier alpha value is -2.59. The lowest BCUT2D eigenvalue weighted by Gasteiger charge is -2.47. The van der Waals surface area contributed by atoms with E-state index in [1.807, 2.05) is 0 Å². The Morgan fingerprint density at radius 3 is 2.41 bits per heavy atom. The summed E-state index contributed by atoms with van der Waals surface area (Å²) in [5.41, 5.74) is -0.864. The molecule has 1 aromatic carbocycles. The molecule has 0 aromatic heterocycles. The third kappa shape index (κ3) is 6.20. The smallest absolute Gasteiger partial charge is 0.357 e. The fourth-order valence-corrected chi connectivity index (χ4v) is 3.52. The lowest BCUT2D eigenvalue weighted by Crippen LogP contribution is -2.73. The number of aliphatic hydroxyl groups excluding tert-OH is 1. The van der Waals surface area contributed by atoms with Crippen LogP contribution in [0.4, 0.5) is 0 Å². The maximum atomic E-state index is 12.5. The van der Waals surface area contributed by atoms with Crippen molar-refractivity contribution < 1.29 is 33.8 Å². The molecule has 2 N–H and O–H groups in total. The van der Waals surface area contributed by atoms with Gasteiger partial charge in [-0.05, 0) is 32.9 Å². The number of aliphatic hydroxyl groups is 1. The number of ether oxygens (including phenoxy) is 2. The highest BCUT2D eigenvalue weighted by atomic mass is 32.2. The summed E-state index contributed by atoms with van der Waals surface area (Å²) in [6.07, 6.45) is -1.88. The van der Waals surface area contributed by atoms with E-state index in [2.05, 4.69) is 5.32 Å². The average Bonchev–Trinajstić information content (AvgIpc) is 2.63. The maximum Gasteiger partial charge on any atom is 0.357 e. The molecule has 9 nitrogen and oxygen atoms in total. The van der Waals surface area contributed by atoms with Crippen molar-refractivity contribution in [3.05, 3.63) is 30.3 Å². The standard InChI is InChI=1S/C19H24N2O7S/c1-11(22)29-17-14(20-13(23)10-27-12-8-6-5-7-9-12)15(24)21(17)16(25)18(26)28-19(2,3)4/h5-9,14,16-17,25H,10H2,1-4H3,(H,20,23)/t14-,16?,17-/m1/s1. The number of β-lactam (4-membered cyclic amide) rings is 1. The molecule has 0 saturated carbocycles. The van der Waals surface area contributed by atoms with Gasteiger partial charge in [-0.2, -0.15) is 0 Å². The summed E-state index contributed by atoms with van der Waals surface area (Å²) < 4.78 is 10.4. The summed E-state index contributed by atoms with van der Waals surface area (Å²) in [5, 5.41) is 11.4. The number of carbonyl (C=O) groups is 4. The van der Waals surface area contributed by atoms with E-state index in [0.29, 0.717) is 5.75 Å². The van der Waals surface area contributed by atoms with E-state index in [-0.39, 0.29) is 11.7 Å². The first kappa shape index (κ1) is 22.7. The molecule has 3 atom stereocenters. The number of para-hydroxylation sites is 1. The van der Waals surface area contributed by atoms with Crippen LogP contribution in [0.3, 0.4) is 0 Å². The quantitative estimate of drug-likeness (QED) is 0.483. The Kier molecular flexibility index (Phi) is 7.26. The summed E-state index contributed by atoms with van der Waals surface area (Å²) in [4.78, 5) is 49.1. The number of rotatable bonds is 7. The van der Waals surface area contributed by atoms with Crippen LogP contribution < -0.4 is 10.1 Å². The number of thioether (sulfide) groups is 1. The number of esters is 1. The minimum absolute atomic E-state index is 0.333. The number of nitrogens with zero attached hydrogens (tertiary/aromatic N) is 1. The minimum atomic E-state index is -1.88. The van der Waals surface area contributed by atoms with Crippen molar-refractivity contribution in [3.8, 4) is 5.75 Å². The highest BCUT2D eigenvalue weighted by Gasteiger charge is 2.54. The molecular weight excluding hydrogens is 400 g/mol. The molecule has 2 amide bonds. The molecule has 1 heterocycles. The van der Waals surface area contributed by atoms with Crippen LogP contribution in [-0.4, -0.2) is 62.8 Å². The van der Waals surface area contributed by atoms with Crippen LogP contribution in [0.1, 0.15) is 27.7 Å². The Morgan fingerprint density at radius 2 is 1.86 bits per heavy atom. The van der Waals surface area contributed by atoms with Crippen molar-refractivity contribution in [2.24, 2.45) is 0 Å². The predicted octanol–water partition coefficient (Wildman–Crippen LogP) is 0.658. The first-order chi connectivity index (χ1) is 13.5. The van der Waals surface area contributed by atoms with Crippen molar-refractivity contribution in [3.63, 3.8) is 0 Å². The highest BCUT2D eigenvalue weighted by Crippen LogP contribution is 2.32. The molecule has 1 aromatic rings. The second kappa shape index (κ2) is 9.27. The maximum absolute atomic E-state index is 12.5. The Morgan fingerprint density at radius 1 is 1.24 bits per heavy atom. The van der Waals surface area contributed by atoms with Gasteiger partial charge in [0.05, 0.1) is 0 Å². The first-order valence-corrected chi connectivity index (χ1v) is 9.75. The fourth-order valence-electron chi connectivity index (χ4n) is 2.52. The number of amides is 2. The lowest BCUT2D eigenvalue weighted by molar-refractivity contribution is -0.189. The fraction of sp³-hybridized carbons (Fsp3) is 0.474. The number of nitrogens with one attached hydrogen (secondary N) is 1. The molecule has 10 heteroatoms. The van der Waals surface area contributed by atoms with Crippen LogP contribution in [-0.2, 0) is 23.9 Å². The van der Waals surface area contributed by atoms with Crippen LogP contribution in [0.25, 0.3) is 0 Å². The zero-order valence-corrected chi connectivity index (χ0v) is 17.4. The van der Waals surface area contributed by atoms with Gasteiger partial charge in [0.25, 0.3) is 11.8 Å². The molecule has 1 aliphatic rings. The van der Waals surface area contributed by atoms with Crippen molar-refractivity contribution in [2.45, 2.75) is 50.9 Å². The van der Waals surface area contributed by atoms with Gasteiger partial charge in [0.15, 0.2) is 11.7 Å². The van der Waals surface area contributed by atoms with Crippen LogP contribution in [0.15, 0.2) is 30.3 Å². The SMILES string of the molecule is CC(=O)S[C@@H]1[C@H](NC(=O)COc2ccccc2)C(=O)N1C(O)C(=O)OC(C)(C)C. The van der Waals surface area contributed by atoms with Gasteiger partial charge in [0, 0.05) is 6.92 Å². The van der Waals surface area contributed by atoms with Gasteiger partial charge in [-0.3, -0.25) is 19.3 Å². The Balaban J connectivity index is 2.00. The van der Waals surface area contributed by atoms with Gasteiger partial charge in [0.1, 0.15) is 22.8 Å². The van der Waals surface area contributed by atoms with Crippen LogP contribution in [0, 0.1) is 0 Å². The molecule has 0 bridgehead atoms. The van der Waals surface area contributed by atoms with E-state index >= 15 is 0 Å². The molecule has 29 heavy (non-hydrogen) atoms. The highest BCUT2D eigenvalue weighted by molar-refractivity contribution is 8.14. The number of likely N-dealkylation sites (tertiary alicyclic amines) is 1. The lowest BCUT2D eigenvalue weighted by atomic mass is 10.1. The van der Waals surface area contributed by atoms with E-state index in [9.17, 15) is 24.3 Å². The van der Waals surface area contributed by atoms with Crippen LogP contribution >= 0.6 is 11.8 Å². The zero-order chi connectivity index (χ0) is 21.8. The normalized spacial score (nSPS) is 19.8. The van der Waals surface area contributed by atoms with E-state index < -0.39 is 41.0 Å². The molecule has 1 aliphatic heterocycles. The number of benzene rings is 1. The number of hydrogen-bond donors (Lipinski definition) is 2. The molecule has 1 unspecified atom stereocenters. The molecular formula is C19H24N2O7S. The van der Waals surface area contributed by atoms with Gasteiger partial charge in [0.2, 0.25) is 6.23 Å². The largest absolute Gasteiger partial charge is 0.484 e. The number of carbonyl (C=O) groups excluding carboxylic acids is 4. The molecule has 0 aliphatic carbocycles. The van der Waals surface area contributed by atoms with E-state index in [0.717, 1.165) is 16.7 Å². The van der Waals surface area contributed by atoms with Gasteiger partial charge in [-0.15, -0.1) is 0 Å². The van der Waals surface area contributed by atoms with Gasteiger partial charge in [-0.1, -0.05) is 30.0 Å². The second-order valence-corrected chi connectivity index (χ2v) is 8.59. The third-order valence-corrected chi connectivity index (χ3v) is 4.75.